The van der Waals surface area contributed by atoms with Crippen LogP contribution in [-0.4, -0.2) is 9.97 Å². The maximum absolute atomic E-state index is 13.6. The fourth-order valence-corrected chi connectivity index (χ4v) is 2.31. The molecule has 19 heavy (non-hydrogen) atoms. The van der Waals surface area contributed by atoms with Crippen LogP contribution in [0, 0.1) is 16.3 Å². The van der Waals surface area contributed by atoms with Crippen molar-refractivity contribution in [3.05, 3.63) is 57.6 Å². The van der Waals surface area contributed by atoms with Crippen LogP contribution < -0.4 is 0 Å². The van der Waals surface area contributed by atoms with Crippen LogP contribution in [0.4, 0.5) is 8.78 Å². The summed E-state index contributed by atoms with van der Waals surface area (Å²) in [5, 5.41) is 0. The number of aromatic nitrogens is 2. The molecule has 2 aromatic rings. The minimum Gasteiger partial charge on any atom is -0.347 e. The first-order valence-corrected chi connectivity index (χ1v) is 6.57. The summed E-state index contributed by atoms with van der Waals surface area (Å²) in [7, 11) is 0. The Morgan fingerprint density at radius 1 is 1.26 bits per heavy atom. The van der Waals surface area contributed by atoms with E-state index in [0.29, 0.717) is 21.9 Å². The number of nitrogens with zero attached hydrogens (tertiary/aromatic N) is 1. The topological polar surface area (TPSA) is 28.7 Å². The van der Waals surface area contributed by atoms with Gasteiger partial charge in [-0.2, -0.15) is 0 Å². The van der Waals surface area contributed by atoms with Crippen LogP contribution in [0.2, 0.25) is 0 Å². The quantitative estimate of drug-likeness (QED) is 0.863. The van der Waals surface area contributed by atoms with Gasteiger partial charge >= 0.3 is 0 Å². The Hall–Kier alpha value is -1.62. The Morgan fingerprint density at radius 2 is 2.05 bits per heavy atom. The maximum Gasteiger partial charge on any atom is 0.130 e. The molecule has 1 heterocycles. The molecule has 0 amide bonds. The molecule has 1 fully saturated rings. The van der Waals surface area contributed by atoms with Gasteiger partial charge in [-0.3, -0.25) is 0 Å². The fourth-order valence-electron chi connectivity index (χ4n) is 2.07. The molecule has 1 saturated carbocycles. The predicted molar refractivity (Wildman–Crippen MR) is 70.6 cm³/mol. The van der Waals surface area contributed by atoms with Gasteiger partial charge in [0, 0.05) is 18.2 Å². The van der Waals surface area contributed by atoms with E-state index in [-0.39, 0.29) is 6.42 Å². The summed E-state index contributed by atoms with van der Waals surface area (Å²) in [6, 6.07) is 5.43. The van der Waals surface area contributed by atoms with E-state index in [2.05, 4.69) is 9.97 Å². The molecule has 0 radical (unpaired) electrons. The Labute approximate surface area is 114 Å². The molecule has 0 saturated heterocycles. The number of nitrogens with one attached hydrogen (secondary N) is 1. The molecule has 1 aromatic heterocycles. The van der Waals surface area contributed by atoms with E-state index in [1.54, 1.807) is 0 Å². The lowest BCUT2D eigenvalue weighted by Crippen LogP contribution is -2.02. The van der Waals surface area contributed by atoms with Crippen LogP contribution in [0.25, 0.3) is 0 Å². The molecule has 5 heteroatoms. The normalized spacial score (nSPS) is 14.6. The summed E-state index contributed by atoms with van der Waals surface area (Å²) >= 11 is 5.12. The van der Waals surface area contributed by atoms with Crippen molar-refractivity contribution in [1.29, 1.82) is 0 Å². The highest BCUT2D eigenvalue weighted by molar-refractivity contribution is 7.71. The molecule has 0 bridgehead atoms. The lowest BCUT2D eigenvalue weighted by Gasteiger charge is -2.06. The number of rotatable bonds is 3. The number of benzene rings is 1. The van der Waals surface area contributed by atoms with Crippen LogP contribution in [0.3, 0.4) is 0 Å². The molecule has 1 N–H and O–H groups in total. The van der Waals surface area contributed by atoms with Gasteiger partial charge in [0.1, 0.15) is 22.1 Å². The fraction of sp³-hybridized carbons (Fsp3) is 0.286. The summed E-state index contributed by atoms with van der Waals surface area (Å²) < 4.78 is 27.0. The van der Waals surface area contributed by atoms with E-state index in [9.17, 15) is 8.78 Å². The molecule has 98 valence electrons. The lowest BCUT2D eigenvalue weighted by molar-refractivity contribution is 0.573. The Balaban J connectivity index is 1.92. The third-order valence-electron chi connectivity index (χ3n) is 3.20. The molecular formula is C14H12F2N2S. The van der Waals surface area contributed by atoms with E-state index < -0.39 is 11.6 Å². The summed E-state index contributed by atoms with van der Waals surface area (Å²) in [4.78, 5) is 7.40. The van der Waals surface area contributed by atoms with Crippen molar-refractivity contribution in [2.45, 2.75) is 25.2 Å². The van der Waals surface area contributed by atoms with Crippen molar-refractivity contribution < 1.29 is 8.78 Å². The first-order valence-electron chi connectivity index (χ1n) is 6.16. The summed E-state index contributed by atoms with van der Waals surface area (Å²) in [6.07, 6.45) is 2.59. The van der Waals surface area contributed by atoms with Crippen LogP contribution in [0.5, 0.6) is 0 Å². The van der Waals surface area contributed by atoms with Crippen LogP contribution >= 0.6 is 12.2 Å². The highest BCUT2D eigenvalue weighted by atomic mass is 32.1. The van der Waals surface area contributed by atoms with Gasteiger partial charge in [0.25, 0.3) is 0 Å². The SMILES string of the molecule is Fc1ccc(Cc2nc(=S)cc(C3CC3)[nH]2)c(F)c1. The van der Waals surface area contributed by atoms with Gasteiger partial charge in [-0.05, 0) is 36.5 Å². The Kier molecular flexibility index (Phi) is 3.14. The minimum atomic E-state index is -0.575. The first-order chi connectivity index (χ1) is 9.11. The van der Waals surface area contributed by atoms with Crippen molar-refractivity contribution in [3.63, 3.8) is 0 Å². The molecule has 0 unspecified atom stereocenters. The number of H-pyrrole nitrogens is 1. The number of hydrogen-bond acceptors (Lipinski definition) is 2. The van der Waals surface area contributed by atoms with Crippen molar-refractivity contribution in [3.8, 4) is 0 Å². The molecule has 3 rings (SSSR count). The number of hydrogen-bond donors (Lipinski definition) is 1. The van der Waals surface area contributed by atoms with Gasteiger partial charge in [-0.25, -0.2) is 13.8 Å². The van der Waals surface area contributed by atoms with Gasteiger partial charge in [0.05, 0.1) is 0 Å². The second-order valence-electron chi connectivity index (χ2n) is 4.81. The maximum atomic E-state index is 13.6. The monoisotopic (exact) mass is 278 g/mol. The molecule has 0 spiro atoms. The van der Waals surface area contributed by atoms with Crippen molar-refractivity contribution in [2.75, 3.05) is 0 Å². The average Bonchev–Trinajstić information content (AvgIpc) is 3.16. The van der Waals surface area contributed by atoms with Crippen LogP contribution in [0.15, 0.2) is 24.3 Å². The molecule has 0 aliphatic heterocycles. The molecule has 1 aromatic carbocycles. The highest BCUT2D eigenvalue weighted by Crippen LogP contribution is 2.38. The van der Waals surface area contributed by atoms with Crippen molar-refractivity contribution in [2.24, 2.45) is 0 Å². The summed E-state index contributed by atoms with van der Waals surface area (Å²) in [6.45, 7) is 0. The van der Waals surface area contributed by atoms with Crippen molar-refractivity contribution in [1.82, 2.24) is 9.97 Å². The number of aromatic amines is 1. The molecule has 1 aliphatic carbocycles. The van der Waals surface area contributed by atoms with Gasteiger partial charge in [0.15, 0.2) is 0 Å². The zero-order chi connectivity index (χ0) is 13.4. The van der Waals surface area contributed by atoms with Crippen molar-refractivity contribution >= 4 is 12.2 Å². The summed E-state index contributed by atoms with van der Waals surface area (Å²) in [5.74, 6) is 0.0215. The van der Waals surface area contributed by atoms with Crippen LogP contribution in [-0.2, 0) is 6.42 Å². The van der Waals surface area contributed by atoms with E-state index in [4.69, 9.17) is 12.2 Å². The second kappa shape index (κ2) is 4.81. The highest BCUT2D eigenvalue weighted by Gasteiger charge is 2.24. The van der Waals surface area contributed by atoms with Gasteiger partial charge < -0.3 is 4.98 Å². The molecular weight excluding hydrogens is 266 g/mol. The number of halogens is 2. The van der Waals surface area contributed by atoms with Gasteiger partial charge in [-0.15, -0.1) is 0 Å². The largest absolute Gasteiger partial charge is 0.347 e. The predicted octanol–water partition coefficient (Wildman–Crippen LogP) is 3.89. The van der Waals surface area contributed by atoms with Crippen LogP contribution in [0.1, 0.15) is 35.8 Å². The third-order valence-corrected chi connectivity index (χ3v) is 3.41. The summed E-state index contributed by atoms with van der Waals surface area (Å²) in [5.41, 5.74) is 1.48. The molecule has 0 atom stereocenters. The zero-order valence-electron chi connectivity index (χ0n) is 10.1. The third kappa shape index (κ3) is 2.87. The van der Waals surface area contributed by atoms with Gasteiger partial charge in [-0.1, -0.05) is 18.3 Å². The second-order valence-corrected chi connectivity index (χ2v) is 5.23. The first kappa shape index (κ1) is 12.4. The van der Waals surface area contributed by atoms with E-state index in [1.807, 2.05) is 6.07 Å². The molecule has 2 nitrogen and oxygen atoms in total. The van der Waals surface area contributed by atoms with E-state index in [0.717, 1.165) is 24.6 Å². The Morgan fingerprint density at radius 3 is 2.74 bits per heavy atom. The van der Waals surface area contributed by atoms with E-state index >= 15 is 0 Å². The minimum absolute atomic E-state index is 0.288. The smallest absolute Gasteiger partial charge is 0.130 e. The zero-order valence-corrected chi connectivity index (χ0v) is 10.9. The lowest BCUT2D eigenvalue weighted by atomic mass is 10.1. The Bertz CT molecular complexity index is 677. The average molecular weight is 278 g/mol. The standard InChI is InChI=1S/C14H12F2N2S/c15-10-4-3-9(11(16)6-10)5-13-17-12(8-1-2-8)7-14(19)18-13/h3-4,6-8H,1-2,5H2,(H,17,18,19). The van der Waals surface area contributed by atoms with Gasteiger partial charge in [0.2, 0.25) is 0 Å². The molecule has 1 aliphatic rings. The van der Waals surface area contributed by atoms with E-state index in [1.165, 1.54) is 12.1 Å².